The SMILES string of the molecule is COOCC12CC1c1cc(OC)ccc1-c1c(C3CCCCC3)c3ccc(C(=O)NS(=O)(=O)C(C)C)cc3n1C2. The van der Waals surface area contributed by atoms with Crippen LogP contribution in [0.3, 0.4) is 0 Å². The van der Waals surface area contributed by atoms with Crippen LogP contribution in [-0.4, -0.2) is 45.0 Å². The van der Waals surface area contributed by atoms with Gasteiger partial charge >= 0.3 is 0 Å². The van der Waals surface area contributed by atoms with E-state index in [0.29, 0.717) is 30.6 Å². The van der Waals surface area contributed by atoms with Crippen molar-refractivity contribution >= 4 is 26.8 Å². The van der Waals surface area contributed by atoms with E-state index in [2.05, 4.69) is 21.4 Å². The van der Waals surface area contributed by atoms with Crippen LogP contribution in [0.15, 0.2) is 36.4 Å². The van der Waals surface area contributed by atoms with Crippen molar-refractivity contribution in [3.05, 3.63) is 53.1 Å². The molecule has 40 heavy (non-hydrogen) atoms. The first kappa shape index (κ1) is 27.3. The number of methoxy groups -OCH3 is 1. The number of ether oxygens (including phenoxy) is 1. The number of aromatic nitrogens is 1. The first-order valence-electron chi connectivity index (χ1n) is 14.2. The number of amides is 1. The molecule has 2 fully saturated rings. The highest BCUT2D eigenvalue weighted by Gasteiger charge is 2.58. The van der Waals surface area contributed by atoms with Gasteiger partial charge in [0, 0.05) is 34.0 Å². The molecule has 1 aromatic heterocycles. The molecule has 3 aromatic rings. The maximum atomic E-state index is 13.1. The number of hydrogen-bond donors (Lipinski definition) is 1. The lowest BCUT2D eigenvalue weighted by molar-refractivity contribution is -0.283. The van der Waals surface area contributed by atoms with Crippen molar-refractivity contribution in [2.75, 3.05) is 20.8 Å². The summed E-state index contributed by atoms with van der Waals surface area (Å²) in [5, 5.41) is 0.428. The average Bonchev–Trinajstić information content (AvgIpc) is 3.60. The molecule has 6 rings (SSSR count). The van der Waals surface area contributed by atoms with Crippen LogP contribution in [0, 0.1) is 5.41 Å². The van der Waals surface area contributed by atoms with Crippen LogP contribution in [0.1, 0.15) is 85.7 Å². The second kappa shape index (κ2) is 10.2. The lowest BCUT2D eigenvalue weighted by Crippen LogP contribution is -2.35. The Morgan fingerprint density at radius 2 is 1.88 bits per heavy atom. The van der Waals surface area contributed by atoms with Crippen molar-refractivity contribution < 1.29 is 27.7 Å². The number of nitrogens with zero attached hydrogens (tertiary/aromatic N) is 1. The molecular formula is C31H38N2O6S. The predicted molar refractivity (Wildman–Crippen MR) is 154 cm³/mol. The van der Waals surface area contributed by atoms with Crippen LogP contribution in [0.4, 0.5) is 0 Å². The molecule has 2 aliphatic carbocycles. The zero-order valence-electron chi connectivity index (χ0n) is 23.7. The largest absolute Gasteiger partial charge is 0.497 e. The molecule has 2 atom stereocenters. The van der Waals surface area contributed by atoms with Crippen molar-refractivity contribution in [1.29, 1.82) is 0 Å². The van der Waals surface area contributed by atoms with Crippen molar-refractivity contribution in [3.8, 4) is 17.0 Å². The standard InChI is InChI=1S/C31H38N2O6S/c1-19(2)40(35,36)32-30(34)21-10-12-24-27(14-21)33-17-31(18-39-38-4)16-26(31)25-15-22(37-3)11-13-23(25)29(33)28(24)20-8-6-5-7-9-20/h10-15,19-20,26H,5-9,16-18H2,1-4H3,(H,32,34). The molecule has 3 aliphatic rings. The molecule has 9 heteroatoms. The van der Waals surface area contributed by atoms with E-state index >= 15 is 0 Å². The second-order valence-electron chi connectivity index (χ2n) is 11.9. The summed E-state index contributed by atoms with van der Waals surface area (Å²) in [6, 6.07) is 12.0. The summed E-state index contributed by atoms with van der Waals surface area (Å²) in [5.41, 5.74) is 6.14. The number of carbonyl (C=O) groups is 1. The molecular weight excluding hydrogens is 528 g/mol. The summed E-state index contributed by atoms with van der Waals surface area (Å²) < 4.78 is 35.2. The van der Waals surface area contributed by atoms with E-state index in [1.54, 1.807) is 27.0 Å². The van der Waals surface area contributed by atoms with Crippen molar-refractivity contribution in [1.82, 2.24) is 9.29 Å². The molecule has 2 saturated carbocycles. The summed E-state index contributed by atoms with van der Waals surface area (Å²) in [6.45, 7) is 4.28. The Balaban J connectivity index is 1.57. The summed E-state index contributed by atoms with van der Waals surface area (Å²) in [5.74, 6) is 0.945. The number of carbonyl (C=O) groups excluding carboxylic acids is 1. The van der Waals surface area contributed by atoms with Crippen LogP contribution in [0.2, 0.25) is 0 Å². The Bertz CT molecular complexity index is 1570. The van der Waals surface area contributed by atoms with Crippen LogP contribution in [0.25, 0.3) is 22.2 Å². The van der Waals surface area contributed by atoms with Gasteiger partial charge in [-0.15, -0.1) is 0 Å². The minimum atomic E-state index is -3.75. The third-order valence-electron chi connectivity index (χ3n) is 9.25. The highest BCUT2D eigenvalue weighted by Crippen LogP contribution is 2.65. The number of nitrogens with one attached hydrogen (secondary N) is 1. The van der Waals surface area contributed by atoms with Gasteiger partial charge in [0.05, 0.1) is 31.8 Å². The molecule has 8 nitrogen and oxygen atoms in total. The predicted octanol–water partition coefficient (Wildman–Crippen LogP) is 5.90. The van der Waals surface area contributed by atoms with E-state index in [4.69, 9.17) is 14.5 Å². The molecule has 214 valence electrons. The molecule has 0 bridgehead atoms. The second-order valence-corrected chi connectivity index (χ2v) is 14.2. The van der Waals surface area contributed by atoms with E-state index in [0.717, 1.165) is 35.9 Å². The van der Waals surface area contributed by atoms with Crippen molar-refractivity contribution in [2.45, 2.75) is 76.0 Å². The first-order valence-corrected chi connectivity index (χ1v) is 15.8. The van der Waals surface area contributed by atoms with E-state index in [-0.39, 0.29) is 5.41 Å². The minimum Gasteiger partial charge on any atom is -0.497 e. The maximum Gasteiger partial charge on any atom is 0.264 e. The van der Waals surface area contributed by atoms with Crippen LogP contribution < -0.4 is 9.46 Å². The summed E-state index contributed by atoms with van der Waals surface area (Å²) in [6.07, 6.45) is 6.89. The van der Waals surface area contributed by atoms with Crippen LogP contribution in [-0.2, 0) is 26.3 Å². The molecule has 0 spiro atoms. The number of benzene rings is 2. The minimum absolute atomic E-state index is 0.155. The lowest BCUT2D eigenvalue weighted by atomic mass is 9.81. The van der Waals surface area contributed by atoms with Gasteiger partial charge in [0.2, 0.25) is 10.0 Å². The Labute approximate surface area is 236 Å². The maximum absolute atomic E-state index is 13.1. The van der Waals surface area contributed by atoms with Crippen LogP contribution >= 0.6 is 0 Å². The zero-order valence-corrected chi connectivity index (χ0v) is 24.5. The van der Waals surface area contributed by atoms with E-state index in [9.17, 15) is 13.2 Å². The first-order chi connectivity index (χ1) is 19.2. The van der Waals surface area contributed by atoms with E-state index in [1.807, 2.05) is 18.2 Å². The van der Waals surface area contributed by atoms with Gasteiger partial charge in [0.15, 0.2) is 0 Å². The fourth-order valence-corrected chi connectivity index (χ4v) is 7.52. The fraction of sp³-hybridized carbons (Fsp3) is 0.516. The summed E-state index contributed by atoms with van der Waals surface area (Å²) in [7, 11) is -0.517. The Kier molecular flexibility index (Phi) is 6.95. The van der Waals surface area contributed by atoms with E-state index < -0.39 is 21.2 Å². The van der Waals surface area contributed by atoms with Crippen LogP contribution in [0.5, 0.6) is 5.75 Å². The van der Waals surface area contributed by atoms with Crippen molar-refractivity contribution in [2.24, 2.45) is 5.41 Å². The van der Waals surface area contributed by atoms with Gasteiger partial charge in [-0.1, -0.05) is 25.3 Å². The molecule has 0 radical (unpaired) electrons. The highest BCUT2D eigenvalue weighted by atomic mass is 32.2. The topological polar surface area (TPSA) is 95.9 Å². The number of rotatable bonds is 8. The molecule has 2 aromatic carbocycles. The Morgan fingerprint density at radius 1 is 1.10 bits per heavy atom. The van der Waals surface area contributed by atoms with Gasteiger partial charge in [0.25, 0.3) is 5.91 Å². The Morgan fingerprint density at radius 3 is 2.58 bits per heavy atom. The van der Waals surface area contributed by atoms with Gasteiger partial charge in [-0.2, -0.15) is 0 Å². The van der Waals surface area contributed by atoms with Gasteiger partial charge in [-0.3, -0.25) is 4.79 Å². The zero-order chi connectivity index (χ0) is 28.2. The quantitative estimate of drug-likeness (QED) is 0.270. The average molecular weight is 567 g/mol. The monoisotopic (exact) mass is 566 g/mol. The number of sulfonamides is 1. The van der Waals surface area contributed by atoms with E-state index in [1.165, 1.54) is 48.8 Å². The number of hydrogen-bond acceptors (Lipinski definition) is 6. The third-order valence-corrected chi connectivity index (χ3v) is 11.0. The molecule has 2 heterocycles. The molecule has 1 amide bonds. The fourth-order valence-electron chi connectivity index (χ4n) is 6.91. The third kappa shape index (κ3) is 4.52. The Hall–Kier alpha value is -2.88. The molecule has 1 N–H and O–H groups in total. The molecule has 1 aliphatic heterocycles. The van der Waals surface area contributed by atoms with Gasteiger partial charge in [0.1, 0.15) is 5.75 Å². The van der Waals surface area contributed by atoms with Gasteiger partial charge < -0.3 is 9.30 Å². The number of fused-ring (bicyclic) bond motifs is 7. The van der Waals surface area contributed by atoms with Gasteiger partial charge in [-0.25, -0.2) is 22.9 Å². The molecule has 0 saturated heterocycles. The highest BCUT2D eigenvalue weighted by molar-refractivity contribution is 7.90. The van der Waals surface area contributed by atoms with Gasteiger partial charge in [-0.05, 0) is 86.4 Å². The van der Waals surface area contributed by atoms with Crippen molar-refractivity contribution in [3.63, 3.8) is 0 Å². The normalized spacial score (nSPS) is 22.4. The smallest absolute Gasteiger partial charge is 0.264 e. The molecule has 2 unspecified atom stereocenters. The summed E-state index contributed by atoms with van der Waals surface area (Å²) >= 11 is 0. The summed E-state index contributed by atoms with van der Waals surface area (Å²) in [4.78, 5) is 23.8. The lowest BCUT2D eigenvalue weighted by Gasteiger charge is -2.24.